The van der Waals surface area contributed by atoms with Gasteiger partial charge in [-0.2, -0.15) is 0 Å². The topological polar surface area (TPSA) is 0 Å². The van der Waals surface area contributed by atoms with Gasteiger partial charge in [-0.25, -0.2) is 0 Å². The van der Waals surface area contributed by atoms with Gasteiger partial charge in [0.2, 0.25) is 0 Å². The first-order chi connectivity index (χ1) is 12.3. The summed E-state index contributed by atoms with van der Waals surface area (Å²) in [6.07, 6.45) is 25.4. The van der Waals surface area contributed by atoms with Gasteiger partial charge in [0, 0.05) is 0 Å². The minimum absolute atomic E-state index is 0.359. The molecule has 0 aromatic carbocycles. The van der Waals surface area contributed by atoms with Crippen molar-refractivity contribution in [2.75, 3.05) is 0 Å². The van der Waals surface area contributed by atoms with Crippen molar-refractivity contribution < 1.29 is 0 Å². The second-order valence-corrected chi connectivity index (χ2v) is 9.98. The molecule has 0 amide bonds. The van der Waals surface area contributed by atoms with Crippen LogP contribution in [0.4, 0.5) is 0 Å². The van der Waals surface area contributed by atoms with Crippen molar-refractivity contribution in [3.8, 4) is 0 Å². The lowest BCUT2D eigenvalue weighted by molar-refractivity contribution is 0.262. The number of hydrogen-bond acceptors (Lipinski definition) is 0. The van der Waals surface area contributed by atoms with Crippen LogP contribution in [0.15, 0.2) is 47.6 Å². The molecular weight excluding hydrogens is 312 g/mol. The number of rotatable bonds is 8. The molecule has 26 heavy (non-hydrogen) atoms. The van der Waals surface area contributed by atoms with E-state index in [1.165, 1.54) is 51.4 Å². The highest BCUT2D eigenvalue weighted by Crippen LogP contribution is 2.61. The highest BCUT2D eigenvalue weighted by molar-refractivity contribution is 5.38. The van der Waals surface area contributed by atoms with Crippen molar-refractivity contribution in [3.05, 3.63) is 47.6 Å². The fourth-order valence-corrected chi connectivity index (χ4v) is 4.91. The highest BCUT2D eigenvalue weighted by Gasteiger charge is 2.48. The summed E-state index contributed by atoms with van der Waals surface area (Å²) in [5, 5.41) is 0. The molecule has 0 nitrogen and oxygen atoms in total. The van der Waals surface area contributed by atoms with Crippen LogP contribution >= 0.6 is 0 Å². The summed E-state index contributed by atoms with van der Waals surface area (Å²) in [6, 6.07) is 0. The summed E-state index contributed by atoms with van der Waals surface area (Å²) in [5.74, 6) is 0. The molecule has 0 saturated heterocycles. The van der Waals surface area contributed by atoms with Crippen LogP contribution in [0, 0.1) is 16.2 Å². The van der Waals surface area contributed by atoms with Gasteiger partial charge in [0.05, 0.1) is 0 Å². The van der Waals surface area contributed by atoms with Crippen LogP contribution in [-0.4, -0.2) is 0 Å². The third-order valence-electron chi connectivity index (χ3n) is 6.86. The standard InChI is InChI=1S/C26H42/c1-7-9-11-12-13-15-17-26(16-14-10-8-2)20-22-23(21-26)25(5,6)19-18-24(22,3)4/h9,11-13,15,17H,7-8,10,14,16,18-21H2,1-6H3. The van der Waals surface area contributed by atoms with Gasteiger partial charge in [0.25, 0.3) is 0 Å². The molecule has 0 atom stereocenters. The smallest absolute Gasteiger partial charge is 0.00403 e. The van der Waals surface area contributed by atoms with Crippen molar-refractivity contribution in [2.24, 2.45) is 16.2 Å². The Bertz CT molecular complexity index is 549. The Morgan fingerprint density at radius 3 is 1.88 bits per heavy atom. The van der Waals surface area contributed by atoms with Crippen LogP contribution in [0.5, 0.6) is 0 Å². The van der Waals surface area contributed by atoms with Gasteiger partial charge in [-0.3, -0.25) is 0 Å². The largest absolute Gasteiger partial charge is 0.0848 e. The van der Waals surface area contributed by atoms with Crippen molar-refractivity contribution in [3.63, 3.8) is 0 Å². The van der Waals surface area contributed by atoms with Crippen molar-refractivity contribution in [2.45, 2.75) is 99.3 Å². The predicted molar refractivity (Wildman–Crippen MR) is 117 cm³/mol. The van der Waals surface area contributed by atoms with E-state index in [-0.39, 0.29) is 0 Å². The SMILES string of the molecule is CCC=CC=CC=CC1(CCCCC)CC2=C(C1)C(C)(C)CCC2(C)C. The molecule has 0 heterocycles. The monoisotopic (exact) mass is 354 g/mol. The maximum absolute atomic E-state index is 2.56. The van der Waals surface area contributed by atoms with E-state index in [1.54, 1.807) is 11.1 Å². The summed E-state index contributed by atoms with van der Waals surface area (Å²) in [4.78, 5) is 0. The van der Waals surface area contributed by atoms with Gasteiger partial charge in [-0.15, -0.1) is 0 Å². The van der Waals surface area contributed by atoms with Crippen molar-refractivity contribution in [1.82, 2.24) is 0 Å². The van der Waals surface area contributed by atoms with Crippen LogP contribution in [0.2, 0.25) is 0 Å². The highest BCUT2D eigenvalue weighted by atomic mass is 14.5. The summed E-state index contributed by atoms with van der Waals surface area (Å²) in [6.45, 7) is 14.4. The maximum Gasteiger partial charge on any atom is -0.00403 e. The minimum atomic E-state index is 0.359. The van der Waals surface area contributed by atoms with Gasteiger partial charge in [0.15, 0.2) is 0 Å². The van der Waals surface area contributed by atoms with E-state index in [0.717, 1.165) is 6.42 Å². The molecule has 0 saturated carbocycles. The van der Waals surface area contributed by atoms with E-state index >= 15 is 0 Å². The fraction of sp³-hybridized carbons (Fsp3) is 0.692. The molecule has 2 aliphatic carbocycles. The van der Waals surface area contributed by atoms with Crippen LogP contribution in [0.1, 0.15) is 99.3 Å². The molecule has 2 aliphatic rings. The lowest BCUT2D eigenvalue weighted by Crippen LogP contribution is -2.28. The quantitative estimate of drug-likeness (QED) is 0.232. The molecule has 0 aliphatic heterocycles. The summed E-state index contributed by atoms with van der Waals surface area (Å²) < 4.78 is 0. The zero-order valence-corrected chi connectivity index (χ0v) is 18.3. The number of hydrogen-bond donors (Lipinski definition) is 0. The van der Waals surface area contributed by atoms with Crippen LogP contribution < -0.4 is 0 Å². The second kappa shape index (κ2) is 8.77. The zero-order chi connectivity index (χ0) is 19.3. The average molecular weight is 355 g/mol. The van der Waals surface area contributed by atoms with Crippen LogP contribution in [0.25, 0.3) is 0 Å². The second-order valence-electron chi connectivity index (χ2n) is 9.98. The molecule has 2 rings (SSSR count). The molecule has 0 spiro atoms. The molecule has 0 aromatic heterocycles. The molecule has 0 heteroatoms. The molecule has 0 radical (unpaired) electrons. The summed E-state index contributed by atoms with van der Waals surface area (Å²) >= 11 is 0. The summed E-state index contributed by atoms with van der Waals surface area (Å²) in [7, 11) is 0. The Kier molecular flexibility index (Phi) is 7.17. The third-order valence-corrected chi connectivity index (χ3v) is 6.86. The minimum Gasteiger partial charge on any atom is -0.0848 e. The molecule has 0 aromatic rings. The fourth-order valence-electron chi connectivity index (χ4n) is 4.91. The van der Waals surface area contributed by atoms with E-state index in [1.807, 2.05) is 0 Å². The Hall–Kier alpha value is -1.04. The van der Waals surface area contributed by atoms with E-state index in [0.29, 0.717) is 16.2 Å². The lowest BCUT2D eigenvalue weighted by Gasteiger charge is -2.41. The predicted octanol–water partition coefficient (Wildman–Crippen LogP) is 8.57. The third kappa shape index (κ3) is 5.02. The first kappa shape index (κ1) is 21.3. The Morgan fingerprint density at radius 1 is 0.769 bits per heavy atom. The van der Waals surface area contributed by atoms with E-state index in [9.17, 15) is 0 Å². The Morgan fingerprint density at radius 2 is 1.35 bits per heavy atom. The molecular formula is C26H42. The molecule has 0 N–H and O–H groups in total. The van der Waals surface area contributed by atoms with Crippen LogP contribution in [-0.2, 0) is 0 Å². The van der Waals surface area contributed by atoms with Crippen LogP contribution in [0.3, 0.4) is 0 Å². The molecule has 0 fully saturated rings. The molecule has 0 bridgehead atoms. The van der Waals surface area contributed by atoms with Gasteiger partial charge in [-0.05, 0) is 54.8 Å². The Balaban J connectivity index is 2.23. The zero-order valence-electron chi connectivity index (χ0n) is 18.3. The Labute approximate surface area is 163 Å². The number of unbranched alkanes of at least 4 members (excludes halogenated alkanes) is 2. The molecule has 0 unspecified atom stereocenters. The lowest BCUT2D eigenvalue weighted by atomic mass is 9.64. The van der Waals surface area contributed by atoms with Crippen molar-refractivity contribution in [1.29, 1.82) is 0 Å². The summed E-state index contributed by atoms with van der Waals surface area (Å²) in [5.41, 5.74) is 4.74. The van der Waals surface area contributed by atoms with Gasteiger partial charge in [0.1, 0.15) is 0 Å². The van der Waals surface area contributed by atoms with E-state index in [4.69, 9.17) is 0 Å². The van der Waals surface area contributed by atoms with Gasteiger partial charge in [-0.1, -0.05) is 108 Å². The number of allylic oxidation sites excluding steroid dienone is 8. The maximum atomic E-state index is 2.56. The van der Waals surface area contributed by atoms with Gasteiger partial charge < -0.3 is 0 Å². The average Bonchev–Trinajstić information content (AvgIpc) is 2.98. The van der Waals surface area contributed by atoms with Gasteiger partial charge >= 0.3 is 0 Å². The molecule has 146 valence electrons. The normalized spacial score (nSPS) is 24.2. The first-order valence-corrected chi connectivity index (χ1v) is 11.0. The van der Waals surface area contributed by atoms with E-state index < -0.39 is 0 Å². The van der Waals surface area contributed by atoms with Crippen molar-refractivity contribution >= 4 is 0 Å². The first-order valence-electron chi connectivity index (χ1n) is 11.0. The van der Waals surface area contributed by atoms with E-state index in [2.05, 4.69) is 78.0 Å².